The number of methoxy groups -OCH3 is 1. The number of rotatable bonds is 3. The highest BCUT2D eigenvalue weighted by molar-refractivity contribution is 5.48. The van der Waals surface area contributed by atoms with Gasteiger partial charge >= 0.3 is 0 Å². The molecule has 17 heavy (non-hydrogen) atoms. The van der Waals surface area contributed by atoms with Gasteiger partial charge in [0.05, 0.1) is 7.11 Å². The Morgan fingerprint density at radius 1 is 1.24 bits per heavy atom. The van der Waals surface area contributed by atoms with Crippen LogP contribution >= 0.6 is 0 Å². The smallest absolute Gasteiger partial charge is 0.125 e. The summed E-state index contributed by atoms with van der Waals surface area (Å²) in [6, 6.07) is 4.45. The summed E-state index contributed by atoms with van der Waals surface area (Å²) in [5.74, 6) is 1.08. The minimum absolute atomic E-state index is 0.184. The van der Waals surface area contributed by atoms with Crippen molar-refractivity contribution in [2.24, 2.45) is 5.73 Å². The molecule has 0 saturated heterocycles. The predicted molar refractivity (Wildman–Crippen MR) is 71.6 cm³/mol. The second kappa shape index (κ2) is 4.69. The minimum atomic E-state index is -0.184. The van der Waals surface area contributed by atoms with Crippen LogP contribution in [0.5, 0.6) is 5.75 Å². The third-order valence-electron chi connectivity index (χ3n) is 3.41. The molecule has 0 radical (unpaired) electrons. The van der Waals surface area contributed by atoms with Gasteiger partial charge in [-0.2, -0.15) is 0 Å². The van der Waals surface area contributed by atoms with Gasteiger partial charge in [-0.1, -0.05) is 12.1 Å². The Balaban J connectivity index is 2.40. The largest absolute Gasteiger partial charge is 0.496 e. The summed E-state index contributed by atoms with van der Waals surface area (Å²) in [5.41, 5.74) is 10.1. The molecule has 1 aliphatic carbocycles. The molecule has 2 heteroatoms. The summed E-state index contributed by atoms with van der Waals surface area (Å²) in [6.45, 7) is 4.12. The fraction of sp³-hybridized carbons (Fsp3) is 0.600. The minimum Gasteiger partial charge on any atom is -0.496 e. The van der Waals surface area contributed by atoms with E-state index in [4.69, 9.17) is 10.5 Å². The van der Waals surface area contributed by atoms with Crippen molar-refractivity contribution in [2.75, 3.05) is 7.11 Å². The van der Waals surface area contributed by atoms with Crippen LogP contribution in [0.3, 0.4) is 0 Å². The van der Waals surface area contributed by atoms with E-state index in [1.807, 2.05) is 0 Å². The summed E-state index contributed by atoms with van der Waals surface area (Å²) in [4.78, 5) is 0. The molecule has 0 amide bonds. The van der Waals surface area contributed by atoms with E-state index in [1.165, 1.54) is 36.0 Å². The Bertz CT molecular complexity index is 404. The zero-order valence-electron chi connectivity index (χ0n) is 11.2. The van der Waals surface area contributed by atoms with Gasteiger partial charge in [-0.25, -0.2) is 0 Å². The van der Waals surface area contributed by atoms with Crippen LogP contribution in [-0.4, -0.2) is 12.6 Å². The van der Waals surface area contributed by atoms with Crippen molar-refractivity contribution >= 4 is 0 Å². The standard InChI is InChI=1S/C15H23NO/c1-15(2,16)10-12-9-8-11-6-4-5-7-13(11)14(12)17-3/h8-9H,4-7,10,16H2,1-3H3. The zero-order chi connectivity index (χ0) is 12.5. The van der Waals surface area contributed by atoms with Crippen molar-refractivity contribution in [3.63, 3.8) is 0 Å². The molecule has 0 aromatic heterocycles. The normalized spacial score (nSPS) is 15.5. The molecule has 0 spiro atoms. The molecule has 0 unspecified atom stereocenters. The van der Waals surface area contributed by atoms with Crippen molar-refractivity contribution in [3.8, 4) is 5.75 Å². The van der Waals surface area contributed by atoms with Crippen molar-refractivity contribution in [1.29, 1.82) is 0 Å². The lowest BCUT2D eigenvalue weighted by molar-refractivity contribution is 0.394. The van der Waals surface area contributed by atoms with Crippen molar-refractivity contribution in [1.82, 2.24) is 0 Å². The van der Waals surface area contributed by atoms with Gasteiger partial charge in [0, 0.05) is 5.54 Å². The fourth-order valence-corrected chi connectivity index (χ4v) is 2.73. The van der Waals surface area contributed by atoms with Crippen LogP contribution in [0.4, 0.5) is 0 Å². The SMILES string of the molecule is COc1c(CC(C)(C)N)ccc2c1CCCC2. The maximum atomic E-state index is 6.11. The van der Waals surface area contributed by atoms with Gasteiger partial charge in [-0.3, -0.25) is 0 Å². The first-order chi connectivity index (χ1) is 8.01. The maximum absolute atomic E-state index is 6.11. The Labute approximate surface area is 104 Å². The third kappa shape index (κ3) is 2.81. The first-order valence-electron chi connectivity index (χ1n) is 6.48. The lowest BCUT2D eigenvalue weighted by atomic mass is 9.86. The van der Waals surface area contributed by atoms with Gasteiger partial charge in [0.15, 0.2) is 0 Å². The molecule has 1 aromatic carbocycles. The van der Waals surface area contributed by atoms with Gasteiger partial charge in [-0.05, 0) is 62.6 Å². The quantitative estimate of drug-likeness (QED) is 0.871. The number of hydrogen-bond acceptors (Lipinski definition) is 2. The van der Waals surface area contributed by atoms with Crippen LogP contribution in [0.25, 0.3) is 0 Å². The Kier molecular flexibility index (Phi) is 3.43. The van der Waals surface area contributed by atoms with Crippen molar-refractivity contribution in [2.45, 2.75) is 51.5 Å². The predicted octanol–water partition coefficient (Wildman–Crippen LogP) is 2.85. The molecule has 0 heterocycles. The third-order valence-corrected chi connectivity index (χ3v) is 3.41. The van der Waals surface area contributed by atoms with E-state index in [0.29, 0.717) is 0 Å². The molecule has 2 rings (SSSR count). The number of nitrogens with two attached hydrogens (primary N) is 1. The first-order valence-corrected chi connectivity index (χ1v) is 6.48. The van der Waals surface area contributed by atoms with Crippen LogP contribution in [0.15, 0.2) is 12.1 Å². The van der Waals surface area contributed by atoms with E-state index in [1.54, 1.807) is 7.11 Å². The molecule has 0 saturated carbocycles. The highest BCUT2D eigenvalue weighted by Crippen LogP contribution is 2.34. The molecule has 0 atom stereocenters. The van der Waals surface area contributed by atoms with Gasteiger partial charge in [-0.15, -0.1) is 0 Å². The number of hydrogen-bond donors (Lipinski definition) is 1. The molecular formula is C15H23NO. The number of ether oxygens (including phenoxy) is 1. The monoisotopic (exact) mass is 233 g/mol. The summed E-state index contributed by atoms with van der Waals surface area (Å²) in [5, 5.41) is 0. The van der Waals surface area contributed by atoms with Crippen molar-refractivity contribution < 1.29 is 4.74 Å². The fourth-order valence-electron chi connectivity index (χ4n) is 2.73. The molecular weight excluding hydrogens is 210 g/mol. The van der Waals surface area contributed by atoms with Gasteiger partial charge in [0.25, 0.3) is 0 Å². The molecule has 0 bridgehead atoms. The highest BCUT2D eigenvalue weighted by atomic mass is 16.5. The number of fused-ring (bicyclic) bond motifs is 1. The summed E-state index contributed by atoms with van der Waals surface area (Å²) >= 11 is 0. The van der Waals surface area contributed by atoms with Crippen LogP contribution in [-0.2, 0) is 19.3 Å². The Hall–Kier alpha value is -1.02. The average molecular weight is 233 g/mol. The van der Waals surface area contributed by atoms with Crippen molar-refractivity contribution in [3.05, 3.63) is 28.8 Å². The molecule has 1 aromatic rings. The lowest BCUT2D eigenvalue weighted by Gasteiger charge is -2.24. The lowest BCUT2D eigenvalue weighted by Crippen LogP contribution is -2.34. The van der Waals surface area contributed by atoms with Gasteiger partial charge in [0.1, 0.15) is 5.75 Å². The number of aryl methyl sites for hydroxylation is 1. The molecule has 1 aliphatic rings. The van der Waals surface area contributed by atoms with Crippen LogP contribution in [0.1, 0.15) is 43.4 Å². The van der Waals surface area contributed by atoms with Crippen LogP contribution in [0, 0.1) is 0 Å². The second-order valence-electron chi connectivity index (χ2n) is 5.77. The maximum Gasteiger partial charge on any atom is 0.125 e. The van der Waals surface area contributed by atoms with Crippen LogP contribution < -0.4 is 10.5 Å². The first kappa shape index (κ1) is 12.4. The zero-order valence-corrected chi connectivity index (χ0v) is 11.2. The number of benzene rings is 1. The summed E-state index contributed by atoms with van der Waals surface area (Å²) in [6.07, 6.45) is 5.79. The van der Waals surface area contributed by atoms with E-state index in [-0.39, 0.29) is 5.54 Å². The molecule has 94 valence electrons. The second-order valence-corrected chi connectivity index (χ2v) is 5.77. The van der Waals surface area contributed by atoms with E-state index in [0.717, 1.165) is 18.6 Å². The van der Waals surface area contributed by atoms with E-state index in [9.17, 15) is 0 Å². The van der Waals surface area contributed by atoms with Crippen LogP contribution in [0.2, 0.25) is 0 Å². The highest BCUT2D eigenvalue weighted by Gasteiger charge is 2.20. The summed E-state index contributed by atoms with van der Waals surface area (Å²) in [7, 11) is 1.78. The summed E-state index contributed by atoms with van der Waals surface area (Å²) < 4.78 is 5.63. The van der Waals surface area contributed by atoms with Gasteiger partial charge < -0.3 is 10.5 Å². The molecule has 2 nitrogen and oxygen atoms in total. The van der Waals surface area contributed by atoms with E-state index >= 15 is 0 Å². The van der Waals surface area contributed by atoms with Gasteiger partial charge in [0.2, 0.25) is 0 Å². The topological polar surface area (TPSA) is 35.2 Å². The molecule has 0 aliphatic heterocycles. The van der Waals surface area contributed by atoms with E-state index < -0.39 is 0 Å². The Morgan fingerprint density at radius 2 is 1.94 bits per heavy atom. The molecule has 0 fully saturated rings. The average Bonchev–Trinajstić information content (AvgIpc) is 2.27. The molecule has 2 N–H and O–H groups in total. The Morgan fingerprint density at radius 3 is 2.59 bits per heavy atom. The van der Waals surface area contributed by atoms with E-state index in [2.05, 4.69) is 26.0 Å².